The average molecular weight is 360 g/mol. The van der Waals surface area contributed by atoms with Crippen molar-refractivity contribution in [1.29, 1.82) is 0 Å². The van der Waals surface area contributed by atoms with E-state index in [0.29, 0.717) is 17.1 Å². The fourth-order valence-corrected chi connectivity index (χ4v) is 3.80. The molecule has 1 aromatic heterocycles. The van der Waals surface area contributed by atoms with E-state index in [1.54, 1.807) is 7.11 Å². The van der Waals surface area contributed by atoms with Gasteiger partial charge in [-0.3, -0.25) is 9.69 Å². The number of carbonyl (C=O) groups excluding carboxylic acids is 1. The van der Waals surface area contributed by atoms with Crippen LogP contribution in [-0.2, 0) is 0 Å². The van der Waals surface area contributed by atoms with E-state index in [4.69, 9.17) is 4.74 Å². The van der Waals surface area contributed by atoms with Gasteiger partial charge in [-0.05, 0) is 62.1 Å². The lowest BCUT2D eigenvalue weighted by Gasteiger charge is -2.35. The van der Waals surface area contributed by atoms with Gasteiger partial charge in [0.25, 0.3) is 5.91 Å². The SMILES string of the molecule is COc1ccc([C@H](CNC(=O)c2snnc2C)N2CCCCC2)cc1. The summed E-state index contributed by atoms with van der Waals surface area (Å²) in [6, 6.07) is 8.29. The van der Waals surface area contributed by atoms with Crippen LogP contribution in [0.1, 0.15) is 46.2 Å². The molecule has 3 rings (SSSR count). The first-order valence-corrected chi connectivity index (χ1v) is 9.41. The Hall–Kier alpha value is -1.99. The van der Waals surface area contributed by atoms with Gasteiger partial charge in [0.2, 0.25) is 0 Å². The molecule has 0 spiro atoms. The molecule has 1 fully saturated rings. The number of hydrogen-bond acceptors (Lipinski definition) is 6. The van der Waals surface area contributed by atoms with Gasteiger partial charge in [0.1, 0.15) is 10.6 Å². The van der Waals surface area contributed by atoms with Crippen molar-refractivity contribution in [1.82, 2.24) is 19.8 Å². The highest BCUT2D eigenvalue weighted by molar-refractivity contribution is 7.07. The molecule has 134 valence electrons. The summed E-state index contributed by atoms with van der Waals surface area (Å²) in [5.74, 6) is 0.750. The molecule has 1 N–H and O–H groups in total. The summed E-state index contributed by atoms with van der Waals surface area (Å²) in [6.45, 7) is 4.51. The second kappa shape index (κ2) is 8.40. The lowest BCUT2D eigenvalue weighted by atomic mass is 10.0. The minimum Gasteiger partial charge on any atom is -0.497 e. The molecule has 1 saturated heterocycles. The van der Waals surface area contributed by atoms with Crippen LogP contribution in [0.3, 0.4) is 0 Å². The van der Waals surface area contributed by atoms with Crippen LogP contribution in [0.15, 0.2) is 24.3 Å². The maximum Gasteiger partial charge on any atom is 0.265 e. The summed E-state index contributed by atoms with van der Waals surface area (Å²) in [6.07, 6.45) is 3.70. The van der Waals surface area contributed by atoms with Crippen LogP contribution in [-0.4, -0.2) is 47.1 Å². The van der Waals surface area contributed by atoms with Crippen LogP contribution in [0.4, 0.5) is 0 Å². The Bertz CT molecular complexity index is 695. The molecular weight excluding hydrogens is 336 g/mol. The Morgan fingerprint density at radius 2 is 2.00 bits per heavy atom. The molecule has 0 bridgehead atoms. The maximum absolute atomic E-state index is 12.4. The van der Waals surface area contributed by atoms with Gasteiger partial charge < -0.3 is 10.1 Å². The molecule has 2 heterocycles. The summed E-state index contributed by atoms with van der Waals surface area (Å²) >= 11 is 1.14. The molecule has 0 radical (unpaired) electrons. The lowest BCUT2D eigenvalue weighted by Crippen LogP contribution is -2.40. The molecule has 0 aliphatic carbocycles. The summed E-state index contributed by atoms with van der Waals surface area (Å²) < 4.78 is 9.10. The van der Waals surface area contributed by atoms with Crippen LogP contribution in [0, 0.1) is 6.92 Å². The van der Waals surface area contributed by atoms with E-state index < -0.39 is 0 Å². The standard InChI is InChI=1S/C18H24N4O2S/c1-13-17(25-21-20-13)18(23)19-12-16(22-10-4-3-5-11-22)14-6-8-15(24-2)9-7-14/h6-9,16H,3-5,10-12H2,1-2H3,(H,19,23)/t16-/m0/s1. The Morgan fingerprint density at radius 1 is 1.28 bits per heavy atom. The van der Waals surface area contributed by atoms with Crippen LogP contribution >= 0.6 is 11.5 Å². The zero-order valence-electron chi connectivity index (χ0n) is 14.7. The van der Waals surface area contributed by atoms with Crippen molar-refractivity contribution in [3.8, 4) is 5.75 Å². The summed E-state index contributed by atoms with van der Waals surface area (Å²) in [4.78, 5) is 15.5. The smallest absolute Gasteiger partial charge is 0.265 e. The van der Waals surface area contributed by atoms with E-state index >= 15 is 0 Å². The van der Waals surface area contributed by atoms with Gasteiger partial charge in [-0.2, -0.15) is 0 Å². The van der Waals surface area contributed by atoms with E-state index in [9.17, 15) is 4.79 Å². The molecule has 1 aliphatic heterocycles. The molecule has 25 heavy (non-hydrogen) atoms. The largest absolute Gasteiger partial charge is 0.497 e. The van der Waals surface area contributed by atoms with Gasteiger partial charge in [-0.1, -0.05) is 23.0 Å². The van der Waals surface area contributed by atoms with Crippen molar-refractivity contribution in [2.24, 2.45) is 0 Å². The first-order valence-electron chi connectivity index (χ1n) is 8.64. The Labute approximate surface area is 152 Å². The van der Waals surface area contributed by atoms with Crippen molar-refractivity contribution in [2.75, 3.05) is 26.7 Å². The van der Waals surface area contributed by atoms with Crippen molar-refractivity contribution in [2.45, 2.75) is 32.2 Å². The number of ether oxygens (including phenoxy) is 1. The first kappa shape index (κ1) is 17.8. The quantitative estimate of drug-likeness (QED) is 0.858. The number of nitrogens with one attached hydrogen (secondary N) is 1. The number of carbonyl (C=O) groups is 1. The Morgan fingerprint density at radius 3 is 2.60 bits per heavy atom. The predicted octanol–water partition coefficient (Wildman–Crippen LogP) is 2.81. The van der Waals surface area contributed by atoms with Crippen molar-refractivity contribution in [3.05, 3.63) is 40.4 Å². The number of piperidine rings is 1. The zero-order chi connectivity index (χ0) is 17.6. The number of aromatic nitrogens is 2. The Balaban J connectivity index is 1.73. The molecule has 2 aromatic rings. The van der Waals surface area contributed by atoms with Crippen molar-refractivity contribution < 1.29 is 9.53 Å². The number of aryl methyl sites for hydroxylation is 1. The van der Waals surface area contributed by atoms with Gasteiger partial charge in [0.15, 0.2) is 0 Å². The van der Waals surface area contributed by atoms with Gasteiger partial charge in [0, 0.05) is 6.54 Å². The average Bonchev–Trinajstić information content (AvgIpc) is 3.09. The summed E-state index contributed by atoms with van der Waals surface area (Å²) in [5, 5.41) is 6.98. The molecule has 6 nitrogen and oxygen atoms in total. The Kier molecular flexibility index (Phi) is 5.99. The number of hydrogen-bond donors (Lipinski definition) is 1. The number of nitrogens with zero attached hydrogens (tertiary/aromatic N) is 3. The molecule has 7 heteroatoms. The van der Waals surface area contributed by atoms with Gasteiger partial charge in [-0.25, -0.2) is 0 Å². The van der Waals surface area contributed by atoms with Gasteiger partial charge in [0.05, 0.1) is 18.8 Å². The van der Waals surface area contributed by atoms with Crippen LogP contribution < -0.4 is 10.1 Å². The second-order valence-electron chi connectivity index (χ2n) is 6.28. The predicted molar refractivity (Wildman–Crippen MR) is 98.1 cm³/mol. The maximum atomic E-state index is 12.4. The molecule has 1 aliphatic rings. The second-order valence-corrected chi connectivity index (χ2v) is 7.04. The van der Waals surface area contributed by atoms with Crippen LogP contribution in [0.25, 0.3) is 0 Å². The number of amides is 1. The molecule has 1 amide bonds. The molecule has 1 aromatic carbocycles. The van der Waals surface area contributed by atoms with E-state index in [1.165, 1.54) is 24.8 Å². The highest BCUT2D eigenvalue weighted by Crippen LogP contribution is 2.26. The highest BCUT2D eigenvalue weighted by atomic mass is 32.1. The minimum absolute atomic E-state index is 0.0944. The van der Waals surface area contributed by atoms with E-state index in [-0.39, 0.29) is 11.9 Å². The zero-order valence-corrected chi connectivity index (χ0v) is 15.5. The van der Waals surface area contributed by atoms with E-state index in [0.717, 1.165) is 30.4 Å². The third-order valence-electron chi connectivity index (χ3n) is 4.65. The third kappa shape index (κ3) is 4.35. The molecular formula is C18H24N4O2S. The topological polar surface area (TPSA) is 67.3 Å². The molecule has 1 atom stereocenters. The summed E-state index contributed by atoms with van der Waals surface area (Å²) in [5.41, 5.74) is 1.88. The molecule has 0 unspecified atom stereocenters. The van der Waals surface area contributed by atoms with Gasteiger partial charge in [-0.15, -0.1) is 5.10 Å². The summed E-state index contributed by atoms with van der Waals surface area (Å²) in [7, 11) is 1.67. The number of methoxy groups -OCH3 is 1. The number of rotatable bonds is 6. The normalized spacial score (nSPS) is 16.4. The highest BCUT2D eigenvalue weighted by Gasteiger charge is 2.24. The van der Waals surface area contributed by atoms with E-state index in [1.807, 2.05) is 19.1 Å². The first-order chi connectivity index (χ1) is 12.2. The minimum atomic E-state index is -0.0944. The lowest BCUT2D eigenvalue weighted by molar-refractivity contribution is 0.0927. The number of benzene rings is 1. The van der Waals surface area contributed by atoms with Crippen molar-refractivity contribution in [3.63, 3.8) is 0 Å². The van der Waals surface area contributed by atoms with Crippen LogP contribution in [0.5, 0.6) is 5.75 Å². The van der Waals surface area contributed by atoms with E-state index in [2.05, 4.69) is 31.9 Å². The fourth-order valence-electron chi connectivity index (χ4n) is 3.22. The number of likely N-dealkylation sites (tertiary alicyclic amines) is 1. The third-order valence-corrected chi connectivity index (χ3v) is 5.47. The monoisotopic (exact) mass is 360 g/mol. The van der Waals surface area contributed by atoms with Crippen LogP contribution in [0.2, 0.25) is 0 Å². The van der Waals surface area contributed by atoms with Gasteiger partial charge >= 0.3 is 0 Å². The van der Waals surface area contributed by atoms with Crippen molar-refractivity contribution >= 4 is 17.4 Å². The fraction of sp³-hybridized carbons (Fsp3) is 0.500. The molecule has 0 saturated carbocycles.